The highest BCUT2D eigenvalue weighted by atomic mass is 19.1. The molecule has 2 atom stereocenters. The van der Waals surface area contributed by atoms with E-state index in [1.165, 1.54) is 38.2 Å². The summed E-state index contributed by atoms with van der Waals surface area (Å²) in [6.07, 6.45) is 12.2. The molecule has 0 aromatic carbocycles. The van der Waals surface area contributed by atoms with Gasteiger partial charge in [0.15, 0.2) is 17.4 Å². The fourth-order valence-electron chi connectivity index (χ4n) is 5.75. The molecule has 2 bridgehead atoms. The van der Waals surface area contributed by atoms with E-state index in [1.807, 2.05) is 0 Å². The third kappa shape index (κ3) is 3.04. The molecule has 0 saturated heterocycles. The standard InChI is InChI=1S/C23H23FN6O/c1-12-13-2-4-14(5-3-13)15(12)8-18-20(24)21(19-6-7-28-31-19)30-23(29-18)17-10-26-22-16(17)9-25-11-27-22/h6-7,9-15H,2-5,8H2,1H3,(H,25,26,27). The summed E-state index contributed by atoms with van der Waals surface area (Å²) in [5.41, 5.74) is 2.04. The molecule has 4 heterocycles. The Labute approximate surface area is 178 Å². The first kappa shape index (κ1) is 18.6. The summed E-state index contributed by atoms with van der Waals surface area (Å²) in [6, 6.07) is 1.63. The zero-order valence-corrected chi connectivity index (χ0v) is 17.3. The van der Waals surface area contributed by atoms with Crippen LogP contribution in [0.25, 0.3) is 33.9 Å². The molecule has 7 nitrogen and oxygen atoms in total. The Hall–Kier alpha value is -3.16. The summed E-state index contributed by atoms with van der Waals surface area (Å²) in [4.78, 5) is 20.7. The van der Waals surface area contributed by atoms with Gasteiger partial charge in [0.2, 0.25) is 0 Å². The van der Waals surface area contributed by atoms with Gasteiger partial charge in [-0.2, -0.15) is 0 Å². The van der Waals surface area contributed by atoms with Crippen LogP contribution < -0.4 is 0 Å². The lowest BCUT2D eigenvalue weighted by molar-refractivity contribution is 0.0334. The maximum atomic E-state index is 15.7. The highest BCUT2D eigenvalue weighted by Crippen LogP contribution is 2.50. The average molecular weight is 418 g/mol. The van der Waals surface area contributed by atoms with Gasteiger partial charge in [-0.3, -0.25) is 0 Å². The first-order valence-electron chi connectivity index (χ1n) is 10.9. The molecule has 8 heteroatoms. The number of nitrogens with zero attached hydrogens (tertiary/aromatic N) is 5. The van der Waals surface area contributed by atoms with E-state index >= 15 is 4.39 Å². The molecule has 0 spiro atoms. The van der Waals surface area contributed by atoms with Crippen LogP contribution in [0, 0.1) is 29.5 Å². The van der Waals surface area contributed by atoms with Gasteiger partial charge in [-0.1, -0.05) is 12.1 Å². The summed E-state index contributed by atoms with van der Waals surface area (Å²) in [6.45, 7) is 2.33. The van der Waals surface area contributed by atoms with Gasteiger partial charge < -0.3 is 9.51 Å². The Morgan fingerprint density at radius 3 is 2.77 bits per heavy atom. The molecule has 3 aliphatic carbocycles. The third-order valence-electron chi connectivity index (χ3n) is 7.46. The van der Waals surface area contributed by atoms with E-state index in [0.717, 1.165) is 16.9 Å². The maximum Gasteiger partial charge on any atom is 0.188 e. The largest absolute Gasteiger partial charge is 0.355 e. The Kier molecular flexibility index (Phi) is 4.33. The van der Waals surface area contributed by atoms with Crippen LogP contribution in [0.1, 0.15) is 38.3 Å². The zero-order chi connectivity index (χ0) is 20.9. The molecular formula is C23H23FN6O. The first-order valence-corrected chi connectivity index (χ1v) is 10.9. The van der Waals surface area contributed by atoms with Crippen LogP contribution in [-0.2, 0) is 6.42 Å². The molecule has 7 rings (SSSR count). The fraction of sp³-hybridized carbons (Fsp3) is 0.435. The van der Waals surface area contributed by atoms with Crippen molar-refractivity contribution in [3.8, 4) is 22.8 Å². The summed E-state index contributed by atoms with van der Waals surface area (Å²) >= 11 is 0. The molecule has 158 valence electrons. The normalized spacial score (nSPS) is 25.4. The van der Waals surface area contributed by atoms with Crippen molar-refractivity contribution in [3.05, 3.63) is 42.5 Å². The van der Waals surface area contributed by atoms with E-state index in [-0.39, 0.29) is 5.69 Å². The highest BCUT2D eigenvalue weighted by molar-refractivity contribution is 5.91. The van der Waals surface area contributed by atoms with Crippen molar-refractivity contribution >= 4 is 11.0 Å². The fourth-order valence-corrected chi connectivity index (χ4v) is 5.75. The number of H-pyrrole nitrogens is 1. The van der Waals surface area contributed by atoms with E-state index < -0.39 is 5.82 Å². The lowest BCUT2D eigenvalue weighted by Gasteiger charge is -2.47. The number of hydrogen-bond acceptors (Lipinski definition) is 6. The van der Waals surface area contributed by atoms with Gasteiger partial charge in [-0.15, -0.1) is 0 Å². The van der Waals surface area contributed by atoms with E-state index in [1.54, 1.807) is 18.5 Å². The van der Waals surface area contributed by atoms with Crippen molar-refractivity contribution < 1.29 is 8.91 Å². The summed E-state index contributed by atoms with van der Waals surface area (Å²) in [5.74, 6) is 2.76. The predicted octanol–water partition coefficient (Wildman–Crippen LogP) is 4.82. The number of aromatic nitrogens is 6. The van der Waals surface area contributed by atoms with Crippen LogP contribution >= 0.6 is 0 Å². The number of halogens is 1. The second-order valence-electron chi connectivity index (χ2n) is 8.92. The Morgan fingerprint density at radius 2 is 2.00 bits per heavy atom. The smallest absolute Gasteiger partial charge is 0.188 e. The second-order valence-corrected chi connectivity index (χ2v) is 8.92. The monoisotopic (exact) mass is 418 g/mol. The van der Waals surface area contributed by atoms with Crippen LogP contribution in [-0.4, -0.2) is 30.1 Å². The van der Waals surface area contributed by atoms with E-state index in [0.29, 0.717) is 47.1 Å². The van der Waals surface area contributed by atoms with Crippen LogP contribution in [0.2, 0.25) is 0 Å². The van der Waals surface area contributed by atoms with Crippen LogP contribution in [0.3, 0.4) is 0 Å². The van der Waals surface area contributed by atoms with Crippen LogP contribution in [0.4, 0.5) is 4.39 Å². The lowest BCUT2D eigenvalue weighted by Crippen LogP contribution is -2.39. The molecule has 3 fully saturated rings. The van der Waals surface area contributed by atoms with Gasteiger partial charge in [0.1, 0.15) is 17.7 Å². The Bertz CT molecular complexity index is 1230. The maximum absolute atomic E-state index is 15.7. The molecule has 4 aromatic rings. The quantitative estimate of drug-likeness (QED) is 0.510. The molecule has 0 amide bonds. The van der Waals surface area contributed by atoms with Gasteiger partial charge in [0.25, 0.3) is 0 Å². The van der Waals surface area contributed by atoms with Gasteiger partial charge in [0.05, 0.1) is 11.9 Å². The van der Waals surface area contributed by atoms with Crippen molar-refractivity contribution in [1.82, 2.24) is 30.1 Å². The number of hydrogen-bond donors (Lipinski definition) is 1. The van der Waals surface area contributed by atoms with Gasteiger partial charge in [-0.25, -0.2) is 24.3 Å². The molecular weight excluding hydrogens is 395 g/mol. The number of fused-ring (bicyclic) bond motifs is 4. The van der Waals surface area contributed by atoms with Crippen molar-refractivity contribution in [3.63, 3.8) is 0 Å². The molecule has 0 radical (unpaired) electrons. The lowest BCUT2D eigenvalue weighted by atomic mass is 9.58. The number of aromatic amines is 1. The SMILES string of the molecule is CC1C2CCC(CC2)C1Cc1nc(-c2c[nH]c3ncncc23)nc(-c2ccno2)c1F. The number of rotatable bonds is 4. The predicted molar refractivity (Wildman–Crippen MR) is 112 cm³/mol. The molecule has 3 saturated carbocycles. The van der Waals surface area contributed by atoms with E-state index in [2.05, 4.69) is 32.0 Å². The van der Waals surface area contributed by atoms with Gasteiger partial charge >= 0.3 is 0 Å². The van der Waals surface area contributed by atoms with Gasteiger partial charge in [-0.05, 0) is 55.8 Å². The molecule has 4 aromatic heterocycles. The Balaban J connectivity index is 1.48. The van der Waals surface area contributed by atoms with Crippen molar-refractivity contribution in [1.29, 1.82) is 0 Å². The Morgan fingerprint density at radius 1 is 1.16 bits per heavy atom. The van der Waals surface area contributed by atoms with Crippen LogP contribution in [0.5, 0.6) is 0 Å². The van der Waals surface area contributed by atoms with Crippen molar-refractivity contribution in [2.75, 3.05) is 0 Å². The van der Waals surface area contributed by atoms with Crippen molar-refractivity contribution in [2.24, 2.45) is 23.7 Å². The molecule has 1 N–H and O–H groups in total. The van der Waals surface area contributed by atoms with Crippen molar-refractivity contribution in [2.45, 2.75) is 39.0 Å². The molecule has 31 heavy (non-hydrogen) atoms. The highest BCUT2D eigenvalue weighted by Gasteiger charge is 2.41. The topological polar surface area (TPSA) is 93.4 Å². The molecule has 0 aliphatic heterocycles. The second kappa shape index (κ2) is 7.21. The summed E-state index contributed by atoms with van der Waals surface area (Å²) in [5, 5.41) is 4.54. The zero-order valence-electron chi connectivity index (χ0n) is 17.3. The minimum absolute atomic E-state index is 0.150. The molecule has 3 aliphatic rings. The summed E-state index contributed by atoms with van der Waals surface area (Å²) < 4.78 is 20.9. The van der Waals surface area contributed by atoms with E-state index in [4.69, 9.17) is 9.51 Å². The van der Waals surface area contributed by atoms with Crippen LogP contribution in [0.15, 0.2) is 35.5 Å². The first-order chi connectivity index (χ1) is 15.2. The number of nitrogens with one attached hydrogen (secondary N) is 1. The average Bonchev–Trinajstić information content (AvgIpc) is 3.48. The minimum Gasteiger partial charge on any atom is -0.355 e. The third-order valence-corrected chi connectivity index (χ3v) is 7.46. The van der Waals surface area contributed by atoms with Gasteiger partial charge in [0, 0.05) is 29.4 Å². The molecule has 2 unspecified atom stereocenters. The van der Waals surface area contributed by atoms with E-state index in [9.17, 15) is 0 Å². The minimum atomic E-state index is -0.412. The summed E-state index contributed by atoms with van der Waals surface area (Å²) in [7, 11) is 0.